The van der Waals surface area contributed by atoms with E-state index >= 15 is 0 Å². The summed E-state index contributed by atoms with van der Waals surface area (Å²) in [4.78, 5) is 22.6. The Morgan fingerprint density at radius 2 is 1.63 bits per heavy atom. The summed E-state index contributed by atoms with van der Waals surface area (Å²) in [6, 6.07) is -1.45. The zero-order chi connectivity index (χ0) is 20.5. The fraction of sp³-hybridized carbons (Fsp3) is 0.857. The van der Waals surface area contributed by atoms with Crippen LogP contribution in [0, 0.1) is 0 Å². The van der Waals surface area contributed by atoms with Crippen LogP contribution in [0.4, 0.5) is 0 Å². The Balaban J connectivity index is 2.23. The summed E-state index contributed by atoms with van der Waals surface area (Å²) in [6.07, 6.45) is -15.7. The van der Waals surface area contributed by atoms with Gasteiger partial charge in [0.2, 0.25) is 5.91 Å². The third-order valence-electron chi connectivity index (χ3n) is 4.35. The molecule has 0 aromatic rings. The molecule has 13 heteroatoms. The van der Waals surface area contributed by atoms with Crippen LogP contribution < -0.4 is 5.32 Å². The number of carbonyl (C=O) groups is 2. The highest BCUT2D eigenvalue weighted by molar-refractivity contribution is 5.74. The van der Waals surface area contributed by atoms with E-state index in [0.29, 0.717) is 0 Å². The molecule has 2 aliphatic rings. The van der Waals surface area contributed by atoms with Gasteiger partial charge in [-0.15, -0.1) is 0 Å². The Bertz CT molecular complexity index is 544. The molecule has 2 fully saturated rings. The molecule has 13 nitrogen and oxygen atoms in total. The lowest BCUT2D eigenvalue weighted by Gasteiger charge is -2.45. The van der Waals surface area contributed by atoms with Crippen molar-refractivity contribution in [2.24, 2.45) is 0 Å². The number of carboxylic acids is 1. The predicted octanol–water partition coefficient (Wildman–Crippen LogP) is -5.16. The van der Waals surface area contributed by atoms with Gasteiger partial charge in [-0.1, -0.05) is 0 Å². The van der Waals surface area contributed by atoms with Crippen LogP contribution in [0.3, 0.4) is 0 Å². The molecule has 27 heavy (non-hydrogen) atoms. The van der Waals surface area contributed by atoms with Crippen molar-refractivity contribution >= 4 is 11.9 Å². The maximum absolute atomic E-state index is 11.4. The van der Waals surface area contributed by atoms with Crippen LogP contribution in [0.1, 0.15) is 6.92 Å². The number of rotatable bonds is 5. The van der Waals surface area contributed by atoms with Crippen LogP contribution in [0.25, 0.3) is 0 Å². The minimum Gasteiger partial charge on any atom is -0.479 e. The largest absolute Gasteiger partial charge is 0.479 e. The smallest absolute Gasteiger partial charge is 0.335 e. The molecule has 0 spiro atoms. The second kappa shape index (κ2) is 8.72. The molecule has 156 valence electrons. The summed E-state index contributed by atoms with van der Waals surface area (Å²) in [5.41, 5.74) is 0. The number of nitrogens with one attached hydrogen (secondary N) is 1. The first kappa shape index (κ1) is 21.9. The van der Waals surface area contributed by atoms with Crippen LogP contribution in [0.5, 0.6) is 0 Å². The van der Waals surface area contributed by atoms with Crippen molar-refractivity contribution in [1.29, 1.82) is 0 Å². The van der Waals surface area contributed by atoms with Crippen molar-refractivity contribution in [2.45, 2.75) is 68.3 Å². The van der Waals surface area contributed by atoms with Crippen molar-refractivity contribution < 1.29 is 59.5 Å². The number of hydrogen-bond acceptors (Lipinski definition) is 11. The molecule has 2 rings (SSSR count). The molecule has 2 saturated heterocycles. The number of carbonyl (C=O) groups excluding carboxylic acids is 1. The van der Waals surface area contributed by atoms with Crippen LogP contribution in [-0.4, -0.2) is 116 Å². The van der Waals surface area contributed by atoms with Crippen molar-refractivity contribution in [3.63, 3.8) is 0 Å². The van der Waals surface area contributed by atoms with Gasteiger partial charge in [0.15, 0.2) is 18.7 Å². The molecule has 10 atom stereocenters. The van der Waals surface area contributed by atoms with E-state index in [-0.39, 0.29) is 0 Å². The lowest BCUT2D eigenvalue weighted by atomic mass is 9.95. The van der Waals surface area contributed by atoms with Gasteiger partial charge in [0, 0.05) is 6.92 Å². The summed E-state index contributed by atoms with van der Waals surface area (Å²) in [6.45, 7) is 0.348. The summed E-state index contributed by atoms with van der Waals surface area (Å²) >= 11 is 0. The monoisotopic (exact) mass is 397 g/mol. The van der Waals surface area contributed by atoms with Gasteiger partial charge in [-0.3, -0.25) is 4.79 Å². The first-order valence-electron chi connectivity index (χ1n) is 8.06. The lowest BCUT2D eigenvalue weighted by molar-refractivity contribution is -0.341. The van der Waals surface area contributed by atoms with Crippen LogP contribution in [0.2, 0.25) is 0 Å². The molecule has 0 aromatic heterocycles. The first-order valence-corrected chi connectivity index (χ1v) is 8.06. The molecular weight excluding hydrogens is 374 g/mol. The van der Waals surface area contributed by atoms with E-state index in [1.165, 1.54) is 0 Å². The van der Waals surface area contributed by atoms with Gasteiger partial charge in [0.05, 0.1) is 6.61 Å². The summed E-state index contributed by atoms with van der Waals surface area (Å²) in [7, 11) is 0. The minimum atomic E-state index is -1.91. The van der Waals surface area contributed by atoms with E-state index in [1.807, 2.05) is 0 Å². The molecule has 2 aliphatic heterocycles. The highest BCUT2D eigenvalue weighted by Crippen LogP contribution is 2.28. The number of aliphatic hydroxyl groups excluding tert-OH is 6. The molecule has 0 radical (unpaired) electrons. The van der Waals surface area contributed by atoms with Gasteiger partial charge >= 0.3 is 5.97 Å². The molecule has 0 saturated carbocycles. The van der Waals surface area contributed by atoms with Gasteiger partial charge in [0.25, 0.3) is 0 Å². The molecule has 1 amide bonds. The Morgan fingerprint density at radius 1 is 1.00 bits per heavy atom. The maximum atomic E-state index is 11.4. The third-order valence-corrected chi connectivity index (χ3v) is 4.35. The van der Waals surface area contributed by atoms with Gasteiger partial charge in [-0.05, 0) is 0 Å². The number of carboxylic acid groups (broad SMARTS) is 1. The van der Waals surface area contributed by atoms with Crippen molar-refractivity contribution in [2.75, 3.05) is 6.61 Å². The van der Waals surface area contributed by atoms with Gasteiger partial charge in [-0.2, -0.15) is 0 Å². The van der Waals surface area contributed by atoms with E-state index in [9.17, 15) is 45.3 Å². The van der Waals surface area contributed by atoms with Crippen molar-refractivity contribution in [1.82, 2.24) is 5.32 Å². The average molecular weight is 397 g/mol. The molecule has 0 aliphatic carbocycles. The summed E-state index contributed by atoms with van der Waals surface area (Å²) in [5, 5.41) is 70.4. The Hall–Kier alpha value is -1.42. The van der Waals surface area contributed by atoms with E-state index in [2.05, 4.69) is 5.32 Å². The van der Waals surface area contributed by atoms with Crippen molar-refractivity contribution in [3.8, 4) is 0 Å². The van der Waals surface area contributed by atoms with Crippen molar-refractivity contribution in [3.05, 3.63) is 0 Å². The third kappa shape index (κ3) is 4.53. The molecular formula is C14H23NO12. The van der Waals surface area contributed by atoms with E-state index < -0.39 is 79.8 Å². The highest BCUT2D eigenvalue weighted by atomic mass is 16.7. The van der Waals surface area contributed by atoms with Crippen LogP contribution in [0.15, 0.2) is 0 Å². The number of aliphatic hydroxyl groups is 6. The zero-order valence-electron chi connectivity index (χ0n) is 14.2. The second-order valence-corrected chi connectivity index (χ2v) is 6.30. The predicted molar refractivity (Wildman–Crippen MR) is 80.8 cm³/mol. The number of hydrogen-bond donors (Lipinski definition) is 8. The van der Waals surface area contributed by atoms with Crippen LogP contribution in [-0.2, 0) is 23.8 Å². The molecule has 2 heterocycles. The highest BCUT2D eigenvalue weighted by Gasteiger charge is 2.52. The van der Waals surface area contributed by atoms with E-state index in [4.69, 9.17) is 14.2 Å². The minimum absolute atomic E-state index is 0.651. The van der Waals surface area contributed by atoms with Gasteiger partial charge < -0.3 is 55.3 Å². The fourth-order valence-corrected chi connectivity index (χ4v) is 2.94. The molecule has 8 N–H and O–H groups in total. The number of amides is 1. The molecule has 0 unspecified atom stereocenters. The van der Waals surface area contributed by atoms with E-state index in [0.717, 1.165) is 6.92 Å². The van der Waals surface area contributed by atoms with E-state index in [1.54, 1.807) is 0 Å². The molecule has 0 aromatic carbocycles. The Morgan fingerprint density at radius 3 is 2.15 bits per heavy atom. The fourth-order valence-electron chi connectivity index (χ4n) is 2.94. The standard InChI is InChI=1S/C14H23NO12/c1-3(17)15-5-7(19)10(11(12(22)23)26-13(5)24)27-14-9(21)8(20)6(18)4(2-16)25-14/h4-11,13-14,16,18-21,24H,2H2,1H3,(H,15,17)(H,22,23)/t4-,5+,6-,7-,8+,9-,10+,11+,13-,14-/m1/s1. The van der Waals surface area contributed by atoms with Gasteiger partial charge in [-0.25, -0.2) is 4.79 Å². The van der Waals surface area contributed by atoms with Gasteiger partial charge in [0.1, 0.15) is 42.7 Å². The number of aliphatic carboxylic acids is 1. The molecule has 0 bridgehead atoms. The SMILES string of the molecule is CC(=O)N[C@H]1[C@@H](O)[C@H](O[C@H]2O[C@H](CO)[C@@H](O)[C@H](O)[C@H]2O)[C@@H](C(=O)O)O[C@H]1O. The maximum Gasteiger partial charge on any atom is 0.335 e. The summed E-state index contributed by atoms with van der Waals surface area (Å²) in [5.74, 6) is -2.27. The average Bonchev–Trinajstić information content (AvgIpc) is 2.60. The second-order valence-electron chi connectivity index (χ2n) is 6.30. The Labute approximate surface area is 152 Å². The lowest BCUT2D eigenvalue weighted by Crippen LogP contribution is -2.67. The topological polar surface area (TPSA) is 215 Å². The zero-order valence-corrected chi connectivity index (χ0v) is 14.2. The number of ether oxygens (including phenoxy) is 3. The Kier molecular flexibility index (Phi) is 7.07. The quantitative estimate of drug-likeness (QED) is 0.218. The normalized spacial score (nSPS) is 45.3. The van der Waals surface area contributed by atoms with Crippen LogP contribution >= 0.6 is 0 Å². The summed E-state index contributed by atoms with van der Waals surface area (Å²) < 4.78 is 15.3. The first-order chi connectivity index (χ1) is 12.6.